The molecule has 0 aliphatic carbocycles. The van der Waals surface area contributed by atoms with Crippen molar-refractivity contribution in [3.8, 4) is 23.2 Å². The Bertz CT molecular complexity index is 826. The van der Waals surface area contributed by atoms with E-state index in [4.69, 9.17) is 10.00 Å². The second kappa shape index (κ2) is 7.30. The molecule has 2 aromatic heterocycles. The van der Waals surface area contributed by atoms with Gasteiger partial charge in [-0.3, -0.25) is 4.98 Å². The van der Waals surface area contributed by atoms with E-state index in [0.29, 0.717) is 17.1 Å². The van der Waals surface area contributed by atoms with Crippen molar-refractivity contribution in [1.82, 2.24) is 25.2 Å². The van der Waals surface area contributed by atoms with Crippen molar-refractivity contribution in [2.24, 2.45) is 0 Å². The summed E-state index contributed by atoms with van der Waals surface area (Å²) in [6.45, 7) is 0.235. The molecule has 1 unspecified atom stereocenters. The zero-order valence-corrected chi connectivity index (χ0v) is 12.6. The predicted molar refractivity (Wildman–Crippen MR) is 83.7 cm³/mol. The fourth-order valence-electron chi connectivity index (χ4n) is 1.99. The van der Waals surface area contributed by atoms with Crippen molar-refractivity contribution < 1.29 is 9.84 Å². The minimum absolute atomic E-state index is 0.0790. The quantitative estimate of drug-likeness (QED) is 0.722. The molecule has 0 bridgehead atoms. The van der Waals surface area contributed by atoms with E-state index in [2.05, 4.69) is 20.4 Å². The van der Waals surface area contributed by atoms with Crippen LogP contribution in [0.15, 0.2) is 48.8 Å². The number of tetrazole rings is 1. The maximum atomic E-state index is 10.0. The Kier molecular flexibility index (Phi) is 4.74. The fraction of sp³-hybridized carbons (Fsp3) is 0.188. The van der Waals surface area contributed by atoms with Gasteiger partial charge in [-0.1, -0.05) is 0 Å². The van der Waals surface area contributed by atoms with Gasteiger partial charge in [0.2, 0.25) is 5.82 Å². The molecule has 3 aromatic rings. The van der Waals surface area contributed by atoms with Gasteiger partial charge in [-0.05, 0) is 41.6 Å². The van der Waals surface area contributed by atoms with Gasteiger partial charge in [-0.25, -0.2) is 0 Å². The molecule has 0 fully saturated rings. The standard InChI is InChI=1S/C16H14N6O2/c17-8-12-3-5-15(6-4-12)24-11-14(23)10-22-20-16(19-21-22)13-2-1-7-18-9-13/h1-7,9,14,23H,10-11H2. The van der Waals surface area contributed by atoms with Gasteiger partial charge in [-0.15, -0.1) is 10.2 Å². The lowest BCUT2D eigenvalue weighted by Crippen LogP contribution is -2.24. The van der Waals surface area contributed by atoms with Gasteiger partial charge >= 0.3 is 0 Å². The second-order valence-corrected chi connectivity index (χ2v) is 5.01. The number of nitrogens with zero attached hydrogens (tertiary/aromatic N) is 6. The first kappa shape index (κ1) is 15.6. The van der Waals surface area contributed by atoms with Gasteiger partial charge in [0.05, 0.1) is 18.2 Å². The van der Waals surface area contributed by atoms with E-state index in [0.717, 1.165) is 5.56 Å². The SMILES string of the molecule is N#Cc1ccc(OCC(O)Cn2nnc(-c3cccnc3)n2)cc1. The Hall–Kier alpha value is -3.31. The number of nitriles is 1. The number of aliphatic hydroxyl groups excluding tert-OH is 1. The molecule has 0 radical (unpaired) electrons. The van der Waals surface area contributed by atoms with E-state index in [1.807, 2.05) is 12.1 Å². The van der Waals surface area contributed by atoms with Crippen LogP contribution >= 0.6 is 0 Å². The molecular formula is C16H14N6O2. The number of hydrogen-bond donors (Lipinski definition) is 1. The number of rotatable bonds is 6. The number of benzene rings is 1. The molecule has 8 heteroatoms. The first-order valence-corrected chi connectivity index (χ1v) is 7.24. The highest BCUT2D eigenvalue weighted by molar-refractivity contribution is 5.51. The third kappa shape index (κ3) is 3.91. The first-order chi connectivity index (χ1) is 11.7. The number of hydrogen-bond acceptors (Lipinski definition) is 7. The van der Waals surface area contributed by atoms with Crippen molar-refractivity contribution in [2.45, 2.75) is 12.6 Å². The highest BCUT2D eigenvalue weighted by Gasteiger charge is 2.11. The summed E-state index contributed by atoms with van der Waals surface area (Å²) in [7, 11) is 0. The average molecular weight is 322 g/mol. The van der Waals surface area contributed by atoms with Crippen LogP contribution in [0.4, 0.5) is 0 Å². The Morgan fingerprint density at radius 3 is 2.79 bits per heavy atom. The summed E-state index contributed by atoms with van der Waals surface area (Å²) in [6.07, 6.45) is 2.51. The van der Waals surface area contributed by atoms with Crippen LogP contribution in [-0.2, 0) is 6.54 Å². The molecule has 1 N–H and O–H groups in total. The minimum atomic E-state index is -0.795. The molecule has 0 aliphatic heterocycles. The van der Waals surface area contributed by atoms with Gasteiger partial charge in [-0.2, -0.15) is 10.1 Å². The van der Waals surface area contributed by atoms with Crippen LogP contribution in [0.1, 0.15) is 5.56 Å². The minimum Gasteiger partial charge on any atom is -0.491 e. The maximum Gasteiger partial charge on any atom is 0.206 e. The van der Waals surface area contributed by atoms with Crippen molar-refractivity contribution >= 4 is 0 Å². The summed E-state index contributed by atoms with van der Waals surface area (Å²) in [5.74, 6) is 1.03. The summed E-state index contributed by atoms with van der Waals surface area (Å²) < 4.78 is 5.47. The van der Waals surface area contributed by atoms with Crippen LogP contribution in [0.5, 0.6) is 5.75 Å². The van der Waals surface area contributed by atoms with E-state index >= 15 is 0 Å². The topological polar surface area (TPSA) is 110 Å². The van der Waals surface area contributed by atoms with Crippen LogP contribution in [-0.4, -0.2) is 43.0 Å². The highest BCUT2D eigenvalue weighted by Crippen LogP contribution is 2.12. The van der Waals surface area contributed by atoms with Crippen molar-refractivity contribution in [3.05, 3.63) is 54.4 Å². The molecule has 0 amide bonds. The largest absolute Gasteiger partial charge is 0.491 e. The molecule has 24 heavy (non-hydrogen) atoms. The third-order valence-corrected chi connectivity index (χ3v) is 3.17. The number of ether oxygens (including phenoxy) is 1. The monoisotopic (exact) mass is 322 g/mol. The molecule has 120 valence electrons. The lowest BCUT2D eigenvalue weighted by atomic mass is 10.2. The summed E-state index contributed by atoms with van der Waals surface area (Å²) in [5.41, 5.74) is 1.31. The van der Waals surface area contributed by atoms with Gasteiger partial charge in [0.1, 0.15) is 18.5 Å². The molecule has 3 rings (SSSR count). The predicted octanol–water partition coefficient (Wildman–Crippen LogP) is 1.05. The zero-order chi connectivity index (χ0) is 16.8. The fourth-order valence-corrected chi connectivity index (χ4v) is 1.99. The van der Waals surface area contributed by atoms with Gasteiger partial charge in [0.15, 0.2) is 0 Å². The van der Waals surface area contributed by atoms with E-state index in [1.54, 1.807) is 42.7 Å². The Balaban J connectivity index is 1.54. The van der Waals surface area contributed by atoms with Crippen LogP contribution in [0.3, 0.4) is 0 Å². The summed E-state index contributed by atoms with van der Waals surface area (Å²) in [6, 6.07) is 12.3. The lowest BCUT2D eigenvalue weighted by Gasteiger charge is -2.11. The van der Waals surface area contributed by atoms with Crippen molar-refractivity contribution in [2.75, 3.05) is 6.61 Å². The third-order valence-electron chi connectivity index (χ3n) is 3.17. The van der Waals surface area contributed by atoms with Crippen LogP contribution in [0.2, 0.25) is 0 Å². The second-order valence-electron chi connectivity index (χ2n) is 5.01. The first-order valence-electron chi connectivity index (χ1n) is 7.24. The average Bonchev–Trinajstić information content (AvgIpc) is 3.09. The maximum absolute atomic E-state index is 10.0. The molecule has 1 atom stereocenters. The highest BCUT2D eigenvalue weighted by atomic mass is 16.5. The molecule has 1 aromatic carbocycles. The lowest BCUT2D eigenvalue weighted by molar-refractivity contribution is 0.0850. The Labute approximate surface area is 138 Å². The molecule has 0 saturated carbocycles. The smallest absolute Gasteiger partial charge is 0.206 e. The van der Waals surface area contributed by atoms with E-state index in [-0.39, 0.29) is 13.2 Å². The van der Waals surface area contributed by atoms with E-state index < -0.39 is 6.10 Å². The summed E-state index contributed by atoms with van der Waals surface area (Å²) in [4.78, 5) is 5.31. The van der Waals surface area contributed by atoms with E-state index in [9.17, 15) is 5.11 Å². The molecule has 2 heterocycles. The number of aliphatic hydroxyl groups is 1. The van der Waals surface area contributed by atoms with Crippen LogP contribution in [0.25, 0.3) is 11.4 Å². The Morgan fingerprint density at radius 1 is 1.25 bits per heavy atom. The van der Waals surface area contributed by atoms with Crippen LogP contribution in [0, 0.1) is 11.3 Å². The van der Waals surface area contributed by atoms with Crippen molar-refractivity contribution in [1.29, 1.82) is 5.26 Å². The normalized spacial score (nSPS) is 11.7. The van der Waals surface area contributed by atoms with Gasteiger partial charge < -0.3 is 9.84 Å². The molecular weight excluding hydrogens is 308 g/mol. The Morgan fingerprint density at radius 2 is 2.08 bits per heavy atom. The zero-order valence-electron chi connectivity index (χ0n) is 12.6. The summed E-state index contributed by atoms with van der Waals surface area (Å²) >= 11 is 0. The van der Waals surface area contributed by atoms with Crippen LogP contribution < -0.4 is 4.74 Å². The van der Waals surface area contributed by atoms with Gasteiger partial charge in [0.25, 0.3) is 0 Å². The molecule has 0 spiro atoms. The van der Waals surface area contributed by atoms with Gasteiger partial charge in [0, 0.05) is 18.0 Å². The molecule has 0 saturated heterocycles. The molecule has 0 aliphatic rings. The number of aromatic nitrogens is 5. The van der Waals surface area contributed by atoms with E-state index in [1.165, 1.54) is 4.80 Å². The molecule has 8 nitrogen and oxygen atoms in total. The number of pyridine rings is 1. The van der Waals surface area contributed by atoms with Crippen molar-refractivity contribution in [3.63, 3.8) is 0 Å². The summed E-state index contributed by atoms with van der Waals surface area (Å²) in [5, 5.41) is 30.8.